The Labute approximate surface area is 195 Å². The number of nitrogens with zero attached hydrogens (tertiary/aromatic N) is 1. The van der Waals surface area contributed by atoms with E-state index in [1.165, 1.54) is 56.7 Å². The predicted molar refractivity (Wildman–Crippen MR) is 127 cm³/mol. The molecule has 0 fully saturated rings. The summed E-state index contributed by atoms with van der Waals surface area (Å²) in [6, 6.07) is 15.3. The van der Waals surface area contributed by atoms with Gasteiger partial charge in [0, 0.05) is 11.3 Å². The van der Waals surface area contributed by atoms with Crippen LogP contribution in [0.5, 0.6) is 11.5 Å². The van der Waals surface area contributed by atoms with Gasteiger partial charge >= 0.3 is 0 Å². The lowest BCUT2D eigenvalue weighted by Gasteiger charge is -2.10. The number of sulfonamides is 1. The fourth-order valence-corrected chi connectivity index (χ4v) is 4.40. The molecule has 0 spiro atoms. The zero-order valence-corrected chi connectivity index (χ0v) is 19.4. The van der Waals surface area contributed by atoms with Crippen LogP contribution in [0.1, 0.15) is 21.7 Å². The minimum Gasteiger partial charge on any atom is -0.493 e. The highest BCUT2D eigenvalue weighted by atomic mass is 32.2. The van der Waals surface area contributed by atoms with Gasteiger partial charge in [-0.1, -0.05) is 17.7 Å². The van der Waals surface area contributed by atoms with Gasteiger partial charge in [-0.15, -0.1) is 0 Å². The molecule has 0 saturated carbocycles. The summed E-state index contributed by atoms with van der Waals surface area (Å²) in [5, 5.41) is 0.132. The van der Waals surface area contributed by atoms with Crippen LogP contribution in [0.25, 0.3) is 10.9 Å². The monoisotopic (exact) mass is 479 g/mol. The summed E-state index contributed by atoms with van der Waals surface area (Å²) in [6.45, 7) is 1.86. The van der Waals surface area contributed by atoms with Gasteiger partial charge in [0.05, 0.1) is 30.0 Å². The number of anilines is 1. The molecule has 0 radical (unpaired) electrons. The predicted octanol–water partition coefficient (Wildman–Crippen LogP) is 3.28. The number of H-pyrrole nitrogens is 1. The van der Waals surface area contributed by atoms with Gasteiger partial charge in [0.1, 0.15) is 0 Å². The van der Waals surface area contributed by atoms with Crippen molar-refractivity contribution in [3.05, 3.63) is 88.0 Å². The van der Waals surface area contributed by atoms with Crippen LogP contribution in [0.4, 0.5) is 5.69 Å². The molecule has 0 atom stereocenters. The molecule has 0 saturated heterocycles. The summed E-state index contributed by atoms with van der Waals surface area (Å²) in [5.74, 6) is 0.156. The van der Waals surface area contributed by atoms with Crippen molar-refractivity contribution >= 4 is 32.4 Å². The molecule has 0 unspecified atom stereocenters. The summed E-state index contributed by atoms with van der Waals surface area (Å²) >= 11 is 0. The number of ketones is 1. The normalized spacial score (nSPS) is 11.3. The molecule has 0 aliphatic rings. The molecule has 4 aromatic rings. The molecule has 34 heavy (non-hydrogen) atoms. The van der Waals surface area contributed by atoms with Gasteiger partial charge in [-0.2, -0.15) is 0 Å². The third kappa shape index (κ3) is 4.48. The molecule has 10 heteroatoms. The summed E-state index contributed by atoms with van der Waals surface area (Å²) < 4.78 is 38.2. The first kappa shape index (κ1) is 23.0. The highest BCUT2D eigenvalue weighted by molar-refractivity contribution is 7.92. The van der Waals surface area contributed by atoms with Crippen LogP contribution in [0.15, 0.2) is 70.4 Å². The molecule has 4 rings (SSSR count). The Morgan fingerprint density at radius 2 is 1.65 bits per heavy atom. The van der Waals surface area contributed by atoms with Crippen LogP contribution in [-0.2, 0) is 10.0 Å². The van der Waals surface area contributed by atoms with Crippen molar-refractivity contribution in [3.63, 3.8) is 0 Å². The topological polar surface area (TPSA) is 127 Å². The average Bonchev–Trinajstić information content (AvgIpc) is 2.83. The van der Waals surface area contributed by atoms with Crippen molar-refractivity contribution in [2.45, 2.75) is 11.8 Å². The second kappa shape index (κ2) is 8.99. The molecule has 9 nitrogen and oxygen atoms in total. The Hall–Kier alpha value is -4.18. The highest BCUT2D eigenvalue weighted by Gasteiger charge is 2.18. The number of hydrogen-bond acceptors (Lipinski definition) is 7. The van der Waals surface area contributed by atoms with Crippen molar-refractivity contribution in [2.75, 3.05) is 18.9 Å². The first-order chi connectivity index (χ1) is 16.2. The number of carbonyl (C=O) groups excluding carboxylic acids is 1. The molecule has 3 aromatic carbocycles. The minimum atomic E-state index is -3.84. The maximum absolute atomic E-state index is 12.9. The molecule has 0 aliphatic carbocycles. The Kier molecular flexibility index (Phi) is 6.08. The molecule has 0 amide bonds. The third-order valence-electron chi connectivity index (χ3n) is 5.15. The maximum Gasteiger partial charge on any atom is 0.261 e. The molecular formula is C24H21N3O6S. The van der Waals surface area contributed by atoms with Crippen molar-refractivity contribution in [3.8, 4) is 11.5 Å². The van der Waals surface area contributed by atoms with Crippen LogP contribution >= 0.6 is 0 Å². The van der Waals surface area contributed by atoms with E-state index in [1.807, 2.05) is 6.92 Å². The van der Waals surface area contributed by atoms with E-state index in [2.05, 4.69) is 14.7 Å². The number of nitrogens with one attached hydrogen (secondary N) is 2. The van der Waals surface area contributed by atoms with Gasteiger partial charge in [0.15, 0.2) is 17.3 Å². The van der Waals surface area contributed by atoms with E-state index in [0.717, 1.165) is 5.56 Å². The number of methoxy groups -OCH3 is 2. The smallest absolute Gasteiger partial charge is 0.261 e. The Morgan fingerprint density at radius 1 is 0.941 bits per heavy atom. The van der Waals surface area contributed by atoms with E-state index in [4.69, 9.17) is 9.47 Å². The number of ether oxygens (including phenoxy) is 2. The Bertz CT molecular complexity index is 1560. The van der Waals surface area contributed by atoms with E-state index in [-0.39, 0.29) is 32.9 Å². The lowest BCUT2D eigenvalue weighted by atomic mass is 10.1. The van der Waals surface area contributed by atoms with Crippen molar-refractivity contribution in [1.29, 1.82) is 0 Å². The van der Waals surface area contributed by atoms with E-state index in [9.17, 15) is 18.0 Å². The van der Waals surface area contributed by atoms with Gasteiger partial charge in [-0.3, -0.25) is 14.3 Å². The fraction of sp³-hybridized carbons (Fsp3) is 0.125. The maximum atomic E-state index is 12.9. The van der Waals surface area contributed by atoms with Crippen molar-refractivity contribution in [1.82, 2.24) is 9.97 Å². The van der Waals surface area contributed by atoms with Crippen LogP contribution in [-0.4, -0.2) is 38.4 Å². The summed E-state index contributed by atoms with van der Waals surface area (Å²) in [4.78, 5) is 32.5. The molecule has 0 bridgehead atoms. The average molecular weight is 480 g/mol. The zero-order chi connectivity index (χ0) is 24.5. The number of benzene rings is 3. The summed E-state index contributed by atoms with van der Waals surface area (Å²) in [6.07, 6.45) is 0. The molecule has 1 heterocycles. The SMILES string of the molecule is COc1ccc(C(=O)c2nc3ccc(NS(=O)(=O)c4ccc(C)cc4)cc3c(=O)[nH]2)cc1OC. The number of aromatic nitrogens is 2. The minimum absolute atomic E-state index is 0.0982. The summed E-state index contributed by atoms with van der Waals surface area (Å²) in [5.41, 5.74) is 1.04. The zero-order valence-electron chi connectivity index (χ0n) is 18.6. The number of aromatic amines is 1. The van der Waals surface area contributed by atoms with Gasteiger partial charge in [0.2, 0.25) is 5.78 Å². The van der Waals surface area contributed by atoms with E-state index in [0.29, 0.717) is 11.5 Å². The van der Waals surface area contributed by atoms with Crippen LogP contribution < -0.4 is 19.8 Å². The fourth-order valence-electron chi connectivity index (χ4n) is 3.36. The molecule has 0 aliphatic heterocycles. The Balaban J connectivity index is 1.66. The molecular weight excluding hydrogens is 458 g/mol. The third-order valence-corrected chi connectivity index (χ3v) is 6.55. The van der Waals surface area contributed by atoms with Gasteiger partial charge in [0.25, 0.3) is 15.6 Å². The van der Waals surface area contributed by atoms with Gasteiger partial charge < -0.3 is 14.5 Å². The van der Waals surface area contributed by atoms with Crippen LogP contribution in [0.3, 0.4) is 0 Å². The number of carbonyl (C=O) groups is 1. The number of hydrogen-bond donors (Lipinski definition) is 2. The lowest BCUT2D eigenvalue weighted by Crippen LogP contribution is -2.17. The number of rotatable bonds is 7. The first-order valence-corrected chi connectivity index (χ1v) is 11.6. The standard InChI is InChI=1S/C24H21N3O6S/c1-14-4-8-17(9-5-14)34(30,31)27-16-7-10-19-18(13-16)24(29)26-23(25-19)22(28)15-6-11-20(32-2)21(12-15)33-3/h4-13,27H,1-3H3,(H,25,26,29). The number of aryl methyl sites for hydroxylation is 1. The lowest BCUT2D eigenvalue weighted by molar-refractivity contribution is 0.102. The first-order valence-electron chi connectivity index (χ1n) is 10.1. The molecule has 174 valence electrons. The Morgan fingerprint density at radius 3 is 2.32 bits per heavy atom. The van der Waals surface area contributed by atoms with Crippen molar-refractivity contribution in [2.24, 2.45) is 0 Å². The largest absolute Gasteiger partial charge is 0.493 e. The van der Waals surface area contributed by atoms with Gasteiger partial charge in [-0.25, -0.2) is 13.4 Å². The van der Waals surface area contributed by atoms with Crippen molar-refractivity contribution < 1.29 is 22.7 Å². The van der Waals surface area contributed by atoms with E-state index >= 15 is 0 Å². The van der Waals surface area contributed by atoms with E-state index < -0.39 is 21.4 Å². The van der Waals surface area contributed by atoms with Crippen LogP contribution in [0.2, 0.25) is 0 Å². The summed E-state index contributed by atoms with van der Waals surface area (Å²) in [7, 11) is -0.906. The van der Waals surface area contributed by atoms with Crippen LogP contribution in [0, 0.1) is 6.92 Å². The highest BCUT2D eigenvalue weighted by Crippen LogP contribution is 2.28. The molecule has 2 N–H and O–H groups in total. The molecule has 1 aromatic heterocycles. The number of fused-ring (bicyclic) bond motifs is 1. The van der Waals surface area contributed by atoms with E-state index in [1.54, 1.807) is 18.2 Å². The second-order valence-electron chi connectivity index (χ2n) is 7.46. The second-order valence-corrected chi connectivity index (χ2v) is 9.15. The van der Waals surface area contributed by atoms with Gasteiger partial charge in [-0.05, 0) is 55.5 Å². The quantitative estimate of drug-likeness (QED) is 0.389.